The van der Waals surface area contributed by atoms with Gasteiger partial charge in [-0.25, -0.2) is 19.9 Å². The third-order valence-electron chi connectivity index (χ3n) is 3.57. The van der Waals surface area contributed by atoms with Crippen LogP contribution in [0.4, 0.5) is 0 Å². The Kier molecular flexibility index (Phi) is 4.08. The predicted molar refractivity (Wildman–Crippen MR) is 84.2 cm³/mol. The number of hydrogen-bond acceptors (Lipinski definition) is 4. The van der Waals surface area contributed by atoms with Gasteiger partial charge in [0.2, 0.25) is 0 Å². The van der Waals surface area contributed by atoms with E-state index in [0.717, 1.165) is 29.3 Å². The zero-order valence-corrected chi connectivity index (χ0v) is 13.8. The first-order valence-corrected chi connectivity index (χ1v) is 7.30. The highest BCUT2D eigenvalue weighted by Gasteiger charge is 2.26. The summed E-state index contributed by atoms with van der Waals surface area (Å²) in [4.78, 5) is 18.0. The molecule has 0 aliphatic carbocycles. The minimum absolute atomic E-state index is 0.0771. The third kappa shape index (κ3) is 3.84. The standard InChI is InChI=1S/C17H24N4/c1-12-7-8-18-15(21-12)17(5,6)9-14-19-10-13(11-20-14)16(2,3)4/h7-8,10-11H,9H2,1-6H3. The van der Waals surface area contributed by atoms with Crippen molar-refractivity contribution < 1.29 is 0 Å². The third-order valence-corrected chi connectivity index (χ3v) is 3.57. The van der Waals surface area contributed by atoms with Gasteiger partial charge in [-0.05, 0) is 24.0 Å². The summed E-state index contributed by atoms with van der Waals surface area (Å²) in [6.45, 7) is 12.7. The first kappa shape index (κ1) is 15.5. The van der Waals surface area contributed by atoms with Crippen molar-refractivity contribution in [3.8, 4) is 0 Å². The molecule has 0 aliphatic heterocycles. The van der Waals surface area contributed by atoms with Gasteiger partial charge in [0, 0.05) is 36.1 Å². The summed E-state index contributed by atoms with van der Waals surface area (Å²) < 4.78 is 0. The number of aryl methyl sites for hydroxylation is 1. The first-order valence-electron chi connectivity index (χ1n) is 7.30. The largest absolute Gasteiger partial charge is 0.241 e. The van der Waals surface area contributed by atoms with E-state index in [-0.39, 0.29) is 10.8 Å². The van der Waals surface area contributed by atoms with Crippen molar-refractivity contribution in [2.24, 2.45) is 0 Å². The van der Waals surface area contributed by atoms with E-state index in [4.69, 9.17) is 0 Å². The summed E-state index contributed by atoms with van der Waals surface area (Å²) >= 11 is 0. The van der Waals surface area contributed by atoms with Gasteiger partial charge in [0.15, 0.2) is 0 Å². The van der Waals surface area contributed by atoms with Gasteiger partial charge >= 0.3 is 0 Å². The van der Waals surface area contributed by atoms with Gasteiger partial charge in [0.25, 0.3) is 0 Å². The van der Waals surface area contributed by atoms with Crippen molar-refractivity contribution >= 4 is 0 Å². The highest BCUT2D eigenvalue weighted by atomic mass is 14.9. The van der Waals surface area contributed by atoms with Crippen molar-refractivity contribution in [1.29, 1.82) is 0 Å². The smallest absolute Gasteiger partial charge is 0.134 e. The lowest BCUT2D eigenvalue weighted by molar-refractivity contribution is 0.471. The minimum atomic E-state index is -0.185. The van der Waals surface area contributed by atoms with E-state index in [1.54, 1.807) is 0 Å². The molecule has 0 spiro atoms. The molecule has 21 heavy (non-hydrogen) atoms. The van der Waals surface area contributed by atoms with Crippen molar-refractivity contribution in [2.75, 3.05) is 0 Å². The summed E-state index contributed by atoms with van der Waals surface area (Å²) in [5.41, 5.74) is 2.02. The molecule has 0 saturated heterocycles. The van der Waals surface area contributed by atoms with Gasteiger partial charge in [0.1, 0.15) is 11.6 Å². The van der Waals surface area contributed by atoms with Crippen LogP contribution < -0.4 is 0 Å². The molecule has 0 saturated carbocycles. The fraction of sp³-hybridized carbons (Fsp3) is 0.529. The van der Waals surface area contributed by atoms with Crippen molar-refractivity contribution in [2.45, 2.75) is 58.8 Å². The van der Waals surface area contributed by atoms with Crippen LogP contribution in [0, 0.1) is 6.92 Å². The molecule has 4 heteroatoms. The molecule has 0 N–H and O–H groups in total. The second kappa shape index (κ2) is 5.51. The highest BCUT2D eigenvalue weighted by Crippen LogP contribution is 2.24. The second-order valence-electron chi connectivity index (χ2n) is 7.22. The Morgan fingerprint density at radius 2 is 1.57 bits per heavy atom. The number of rotatable bonds is 3. The maximum atomic E-state index is 4.53. The molecule has 2 aromatic heterocycles. The normalized spacial score (nSPS) is 12.5. The van der Waals surface area contributed by atoms with Crippen molar-refractivity contribution in [1.82, 2.24) is 19.9 Å². The van der Waals surface area contributed by atoms with Gasteiger partial charge in [0.05, 0.1) is 0 Å². The molecular formula is C17H24N4. The van der Waals surface area contributed by atoms with Crippen LogP contribution in [-0.4, -0.2) is 19.9 Å². The fourth-order valence-electron chi connectivity index (χ4n) is 2.08. The molecule has 0 aromatic carbocycles. The van der Waals surface area contributed by atoms with E-state index in [1.165, 1.54) is 0 Å². The minimum Gasteiger partial charge on any atom is -0.241 e. The van der Waals surface area contributed by atoms with Crippen LogP contribution in [0.5, 0.6) is 0 Å². The molecule has 2 rings (SSSR count). The van der Waals surface area contributed by atoms with Crippen LogP contribution in [0.3, 0.4) is 0 Å². The van der Waals surface area contributed by atoms with Gasteiger partial charge in [-0.15, -0.1) is 0 Å². The molecule has 0 unspecified atom stereocenters. The molecular weight excluding hydrogens is 260 g/mol. The van der Waals surface area contributed by atoms with Gasteiger partial charge < -0.3 is 0 Å². The second-order valence-corrected chi connectivity index (χ2v) is 7.22. The zero-order valence-electron chi connectivity index (χ0n) is 13.8. The lowest BCUT2D eigenvalue weighted by atomic mass is 9.87. The molecule has 0 radical (unpaired) electrons. The Morgan fingerprint density at radius 3 is 2.10 bits per heavy atom. The van der Waals surface area contributed by atoms with Crippen LogP contribution >= 0.6 is 0 Å². The maximum absolute atomic E-state index is 4.53. The molecule has 0 fully saturated rings. The monoisotopic (exact) mass is 284 g/mol. The quantitative estimate of drug-likeness (QED) is 0.867. The molecule has 4 nitrogen and oxygen atoms in total. The average Bonchev–Trinajstić information content (AvgIpc) is 2.38. The van der Waals surface area contributed by atoms with E-state index >= 15 is 0 Å². The summed E-state index contributed by atoms with van der Waals surface area (Å²) in [6.07, 6.45) is 6.38. The summed E-state index contributed by atoms with van der Waals surface area (Å²) in [5, 5.41) is 0. The number of aromatic nitrogens is 4. The Balaban J connectivity index is 2.20. The van der Waals surface area contributed by atoms with E-state index in [0.29, 0.717) is 0 Å². The molecule has 0 atom stereocenters. The average molecular weight is 284 g/mol. The fourth-order valence-corrected chi connectivity index (χ4v) is 2.08. The zero-order chi connectivity index (χ0) is 15.7. The van der Waals surface area contributed by atoms with E-state index < -0.39 is 0 Å². The maximum Gasteiger partial charge on any atom is 0.134 e. The Hall–Kier alpha value is -1.84. The first-order chi connectivity index (χ1) is 9.68. The van der Waals surface area contributed by atoms with Gasteiger partial charge in [-0.2, -0.15) is 0 Å². The predicted octanol–water partition coefficient (Wildman–Crippen LogP) is 3.39. The van der Waals surface area contributed by atoms with E-state index in [9.17, 15) is 0 Å². The molecule has 0 bridgehead atoms. The lowest BCUT2D eigenvalue weighted by Crippen LogP contribution is -2.25. The summed E-state index contributed by atoms with van der Waals surface area (Å²) in [7, 11) is 0. The topological polar surface area (TPSA) is 51.6 Å². The van der Waals surface area contributed by atoms with Crippen LogP contribution in [0.25, 0.3) is 0 Å². The number of nitrogens with zero attached hydrogens (tertiary/aromatic N) is 4. The summed E-state index contributed by atoms with van der Waals surface area (Å²) in [6, 6.07) is 1.91. The Morgan fingerprint density at radius 1 is 0.952 bits per heavy atom. The van der Waals surface area contributed by atoms with Crippen LogP contribution in [-0.2, 0) is 17.3 Å². The van der Waals surface area contributed by atoms with Crippen molar-refractivity contribution in [3.63, 3.8) is 0 Å². The molecule has 2 aromatic rings. The molecule has 0 aliphatic rings. The molecule has 0 amide bonds. The molecule has 112 valence electrons. The Labute approximate surface area is 127 Å². The van der Waals surface area contributed by atoms with Crippen LogP contribution in [0.15, 0.2) is 24.7 Å². The van der Waals surface area contributed by atoms with Crippen LogP contribution in [0.2, 0.25) is 0 Å². The number of hydrogen-bond donors (Lipinski definition) is 0. The Bertz CT molecular complexity index is 609. The SMILES string of the molecule is Cc1ccnc(C(C)(C)Cc2ncc(C(C)(C)C)cn2)n1. The summed E-state index contributed by atoms with van der Waals surface area (Å²) in [5.74, 6) is 1.67. The highest BCUT2D eigenvalue weighted by molar-refractivity contribution is 5.17. The van der Waals surface area contributed by atoms with E-state index in [2.05, 4.69) is 54.6 Å². The molecule has 2 heterocycles. The van der Waals surface area contributed by atoms with Crippen molar-refractivity contribution in [3.05, 3.63) is 47.6 Å². The lowest BCUT2D eigenvalue weighted by Gasteiger charge is -2.23. The van der Waals surface area contributed by atoms with Crippen LogP contribution in [0.1, 0.15) is 57.5 Å². The van der Waals surface area contributed by atoms with Gasteiger partial charge in [-0.1, -0.05) is 34.6 Å². The van der Waals surface area contributed by atoms with Gasteiger partial charge in [-0.3, -0.25) is 0 Å². The van der Waals surface area contributed by atoms with E-state index in [1.807, 2.05) is 31.6 Å².